The van der Waals surface area contributed by atoms with Gasteiger partial charge in [-0.3, -0.25) is 9.59 Å². The Bertz CT molecular complexity index is 1140. The molecule has 0 heterocycles. The topological polar surface area (TPSA) is 99.3 Å². The lowest BCUT2D eigenvalue weighted by Gasteiger charge is -2.33. The molecule has 36 heavy (non-hydrogen) atoms. The molecule has 9 nitrogen and oxygen atoms in total. The number of para-hydroxylation sites is 1. The second-order valence-electron chi connectivity index (χ2n) is 8.61. The molecule has 2 atom stereocenters. The van der Waals surface area contributed by atoms with Crippen molar-refractivity contribution in [3.05, 3.63) is 59.9 Å². The number of methoxy groups -OCH3 is 1. The summed E-state index contributed by atoms with van der Waals surface area (Å²) in [7, 11) is -0.102. The molecule has 0 bridgehead atoms. The van der Waals surface area contributed by atoms with E-state index in [4.69, 9.17) is 4.74 Å². The first-order valence-electron chi connectivity index (χ1n) is 11.6. The Morgan fingerprint density at radius 3 is 2.19 bits per heavy atom. The molecule has 11 heteroatoms. The highest BCUT2D eigenvalue weighted by molar-refractivity contribution is 7.90. The molecule has 0 saturated carbocycles. The van der Waals surface area contributed by atoms with E-state index in [0.717, 1.165) is 10.4 Å². The van der Waals surface area contributed by atoms with Gasteiger partial charge in [-0.1, -0.05) is 31.2 Å². The van der Waals surface area contributed by atoms with Crippen LogP contribution in [-0.4, -0.2) is 69.3 Å². The average molecular weight is 523 g/mol. The number of hydrogen-bond acceptors (Lipinski definition) is 5. The third kappa shape index (κ3) is 7.17. The molecule has 1 N–H and O–H groups in total. The van der Waals surface area contributed by atoms with Crippen LogP contribution < -0.4 is 14.4 Å². The number of hydrogen-bond donors (Lipinski definition) is 1. The van der Waals surface area contributed by atoms with E-state index < -0.39 is 34.5 Å². The number of carbonyl (C=O) groups excluding carboxylic acids is 2. The van der Waals surface area contributed by atoms with Crippen molar-refractivity contribution >= 4 is 27.7 Å². The number of ether oxygens (including phenoxy) is 1. The molecule has 0 aliphatic carbocycles. The Morgan fingerprint density at radius 2 is 1.67 bits per heavy atom. The van der Waals surface area contributed by atoms with Gasteiger partial charge in [0.15, 0.2) is 0 Å². The molecular weight excluding hydrogens is 487 g/mol. The fourth-order valence-corrected chi connectivity index (χ4v) is 4.40. The van der Waals surface area contributed by atoms with Gasteiger partial charge in [0, 0.05) is 26.7 Å². The summed E-state index contributed by atoms with van der Waals surface area (Å²) in [6.07, 6.45) is 0.701. The average Bonchev–Trinajstić information content (AvgIpc) is 2.85. The molecule has 0 aliphatic rings. The van der Waals surface area contributed by atoms with Crippen molar-refractivity contribution in [1.82, 2.24) is 14.5 Å². The maximum absolute atomic E-state index is 14.6. The Morgan fingerprint density at radius 1 is 1.06 bits per heavy atom. The van der Waals surface area contributed by atoms with Crippen LogP contribution in [0.2, 0.25) is 0 Å². The zero-order chi connectivity index (χ0) is 27.0. The molecule has 2 aromatic carbocycles. The number of rotatable bonds is 12. The van der Waals surface area contributed by atoms with Gasteiger partial charge in [0.2, 0.25) is 11.8 Å². The monoisotopic (exact) mass is 522 g/mol. The SMILES string of the molecule is CC[C@H](C)NC(=O)[C@H](C)N(Cc1ccc(OC)cc1)C(=O)CN(c1ccccc1F)S(=O)(=O)N(C)C. The van der Waals surface area contributed by atoms with Crippen molar-refractivity contribution in [2.24, 2.45) is 0 Å². The first-order valence-corrected chi connectivity index (χ1v) is 13.0. The second-order valence-corrected chi connectivity index (χ2v) is 10.7. The van der Waals surface area contributed by atoms with Gasteiger partial charge in [-0.05, 0) is 50.1 Å². The van der Waals surface area contributed by atoms with Crippen LogP contribution in [0.3, 0.4) is 0 Å². The molecular formula is C25H35FN4O5S. The molecule has 0 aliphatic heterocycles. The third-order valence-corrected chi connectivity index (χ3v) is 7.63. The minimum absolute atomic E-state index is 0.0328. The van der Waals surface area contributed by atoms with Crippen LogP contribution >= 0.6 is 0 Å². The molecule has 0 unspecified atom stereocenters. The second kappa shape index (κ2) is 12.7. The van der Waals surface area contributed by atoms with E-state index >= 15 is 0 Å². The van der Waals surface area contributed by atoms with Gasteiger partial charge in [-0.15, -0.1) is 0 Å². The van der Waals surface area contributed by atoms with E-state index in [1.165, 1.54) is 44.3 Å². The predicted molar refractivity (Wildman–Crippen MR) is 137 cm³/mol. The van der Waals surface area contributed by atoms with E-state index in [2.05, 4.69) is 5.32 Å². The number of anilines is 1. The van der Waals surface area contributed by atoms with Gasteiger partial charge in [-0.2, -0.15) is 12.7 Å². The van der Waals surface area contributed by atoms with Crippen molar-refractivity contribution in [2.45, 2.75) is 45.8 Å². The van der Waals surface area contributed by atoms with Gasteiger partial charge in [0.05, 0.1) is 12.8 Å². The summed E-state index contributed by atoms with van der Waals surface area (Å²) >= 11 is 0. The lowest BCUT2D eigenvalue weighted by molar-refractivity contribution is -0.139. The highest BCUT2D eigenvalue weighted by Gasteiger charge is 2.33. The molecule has 0 saturated heterocycles. The minimum atomic E-state index is -4.23. The summed E-state index contributed by atoms with van der Waals surface area (Å²) < 4.78 is 47.6. The minimum Gasteiger partial charge on any atom is -0.497 e. The zero-order valence-electron chi connectivity index (χ0n) is 21.6. The standard InChI is InChI=1S/C25H35FN4O5S/c1-7-18(2)27-25(32)19(3)29(16-20-12-14-21(35-6)15-13-20)24(31)17-30(36(33,34)28(4)5)23-11-9-8-10-22(23)26/h8-15,18-19H,7,16-17H2,1-6H3,(H,27,32)/t18-,19-/m0/s1. The summed E-state index contributed by atoms with van der Waals surface area (Å²) in [4.78, 5) is 27.8. The number of nitrogens with one attached hydrogen (secondary N) is 1. The Kier molecular flexibility index (Phi) is 10.2. The first-order chi connectivity index (χ1) is 16.9. The van der Waals surface area contributed by atoms with E-state index in [1.54, 1.807) is 31.2 Å². The first kappa shape index (κ1) is 29.1. The molecule has 198 valence electrons. The van der Waals surface area contributed by atoms with Gasteiger partial charge < -0.3 is 15.0 Å². The molecule has 2 amide bonds. The van der Waals surface area contributed by atoms with Crippen molar-refractivity contribution in [3.63, 3.8) is 0 Å². The van der Waals surface area contributed by atoms with Crippen LogP contribution in [0, 0.1) is 5.82 Å². The van der Waals surface area contributed by atoms with Crippen molar-refractivity contribution < 1.29 is 27.1 Å². The number of benzene rings is 2. The normalized spacial score (nSPS) is 13.1. The number of nitrogens with zero attached hydrogens (tertiary/aromatic N) is 3. The van der Waals surface area contributed by atoms with Crippen molar-refractivity contribution in [2.75, 3.05) is 32.1 Å². The zero-order valence-corrected chi connectivity index (χ0v) is 22.4. The third-order valence-electron chi connectivity index (χ3n) is 5.82. The smallest absolute Gasteiger partial charge is 0.304 e. The maximum atomic E-state index is 14.6. The van der Waals surface area contributed by atoms with Crippen LogP contribution in [0.1, 0.15) is 32.8 Å². The van der Waals surface area contributed by atoms with Crippen molar-refractivity contribution in [3.8, 4) is 5.75 Å². The van der Waals surface area contributed by atoms with Crippen molar-refractivity contribution in [1.29, 1.82) is 0 Å². The van der Waals surface area contributed by atoms with Gasteiger partial charge in [0.1, 0.15) is 24.2 Å². The molecule has 0 fully saturated rings. The van der Waals surface area contributed by atoms with Gasteiger partial charge in [0.25, 0.3) is 0 Å². The summed E-state index contributed by atoms with van der Waals surface area (Å²) in [5.74, 6) is -1.20. The van der Waals surface area contributed by atoms with Crippen LogP contribution in [0.4, 0.5) is 10.1 Å². The summed E-state index contributed by atoms with van der Waals surface area (Å²) in [5, 5.41) is 2.86. The van der Waals surface area contributed by atoms with E-state index in [-0.39, 0.29) is 24.2 Å². The number of amides is 2. The van der Waals surface area contributed by atoms with E-state index in [9.17, 15) is 22.4 Å². The lowest BCUT2D eigenvalue weighted by atomic mass is 10.1. The van der Waals surface area contributed by atoms with Crippen LogP contribution in [-0.2, 0) is 26.3 Å². The van der Waals surface area contributed by atoms with Gasteiger partial charge in [-0.25, -0.2) is 8.70 Å². The summed E-state index contributed by atoms with van der Waals surface area (Å²) in [6.45, 7) is 4.69. The fourth-order valence-electron chi connectivity index (χ4n) is 3.33. The van der Waals surface area contributed by atoms with Crippen LogP contribution in [0.25, 0.3) is 0 Å². The quantitative estimate of drug-likeness (QED) is 0.462. The molecule has 0 aromatic heterocycles. The molecule has 2 aromatic rings. The number of halogens is 1. The Labute approximate surface area is 213 Å². The summed E-state index contributed by atoms with van der Waals surface area (Å²) in [5.41, 5.74) is 0.445. The Balaban J connectivity index is 2.46. The largest absolute Gasteiger partial charge is 0.497 e. The fraction of sp³-hybridized carbons (Fsp3) is 0.440. The van der Waals surface area contributed by atoms with E-state index in [1.807, 2.05) is 13.8 Å². The highest BCUT2D eigenvalue weighted by Crippen LogP contribution is 2.24. The molecule has 2 rings (SSSR count). The highest BCUT2D eigenvalue weighted by atomic mass is 32.2. The van der Waals surface area contributed by atoms with Gasteiger partial charge >= 0.3 is 10.2 Å². The molecule has 0 radical (unpaired) electrons. The van der Waals surface area contributed by atoms with Crippen LogP contribution in [0.5, 0.6) is 5.75 Å². The van der Waals surface area contributed by atoms with E-state index in [0.29, 0.717) is 22.0 Å². The Hall–Kier alpha value is -3.18. The lowest BCUT2D eigenvalue weighted by Crippen LogP contribution is -2.53. The number of carbonyl (C=O) groups is 2. The molecule has 0 spiro atoms. The maximum Gasteiger partial charge on any atom is 0.304 e. The van der Waals surface area contributed by atoms with Crippen LogP contribution in [0.15, 0.2) is 48.5 Å². The summed E-state index contributed by atoms with van der Waals surface area (Å²) in [6, 6.07) is 11.3. The predicted octanol–water partition coefficient (Wildman–Crippen LogP) is 2.78.